The summed E-state index contributed by atoms with van der Waals surface area (Å²) in [7, 11) is 0. The summed E-state index contributed by atoms with van der Waals surface area (Å²) >= 11 is 3.23. The van der Waals surface area contributed by atoms with Gasteiger partial charge >= 0.3 is 0 Å². The number of benzene rings is 1. The minimum atomic E-state index is -0.0140. The van der Waals surface area contributed by atoms with Crippen LogP contribution in [-0.4, -0.2) is 24.6 Å². The van der Waals surface area contributed by atoms with Crippen LogP contribution in [-0.2, 0) is 18.6 Å². The van der Waals surface area contributed by atoms with E-state index in [0.717, 1.165) is 45.8 Å². The van der Waals surface area contributed by atoms with E-state index >= 15 is 0 Å². The van der Waals surface area contributed by atoms with E-state index in [1.807, 2.05) is 12.1 Å². The first-order valence-electron chi connectivity index (χ1n) is 10.5. The van der Waals surface area contributed by atoms with E-state index in [4.69, 9.17) is 4.98 Å². The van der Waals surface area contributed by atoms with Crippen molar-refractivity contribution < 1.29 is 0 Å². The average molecular weight is 448 g/mol. The Hall–Kier alpha value is -2.71. The third kappa shape index (κ3) is 3.08. The number of para-hydroxylation sites is 1. The van der Waals surface area contributed by atoms with Crippen molar-refractivity contribution >= 4 is 49.9 Å². The molecule has 8 heteroatoms. The Labute approximate surface area is 186 Å². The van der Waals surface area contributed by atoms with Crippen molar-refractivity contribution in [3.8, 4) is 0 Å². The van der Waals surface area contributed by atoms with Crippen LogP contribution in [0.4, 0.5) is 0 Å². The molecule has 0 radical (unpaired) electrons. The zero-order chi connectivity index (χ0) is 21.1. The molecule has 4 aromatic heterocycles. The lowest BCUT2D eigenvalue weighted by atomic mass is 9.89. The molecular weight excluding hydrogens is 426 g/mol. The van der Waals surface area contributed by atoms with Crippen LogP contribution in [0.25, 0.3) is 26.8 Å². The van der Waals surface area contributed by atoms with E-state index in [0.29, 0.717) is 17.5 Å². The summed E-state index contributed by atoms with van der Waals surface area (Å²) < 4.78 is 2.08. The maximum absolute atomic E-state index is 12.9. The van der Waals surface area contributed by atoms with Crippen LogP contribution in [0.1, 0.15) is 35.2 Å². The van der Waals surface area contributed by atoms with Gasteiger partial charge < -0.3 is 4.98 Å². The molecule has 0 amide bonds. The van der Waals surface area contributed by atoms with Gasteiger partial charge in [0.15, 0.2) is 10.8 Å². The lowest BCUT2D eigenvalue weighted by molar-refractivity contribution is 0.509. The van der Waals surface area contributed by atoms with Crippen molar-refractivity contribution in [2.24, 2.45) is 5.92 Å². The lowest BCUT2D eigenvalue weighted by Gasteiger charge is -2.17. The number of aromatic nitrogens is 5. The predicted molar refractivity (Wildman–Crippen MR) is 126 cm³/mol. The van der Waals surface area contributed by atoms with Gasteiger partial charge in [0.2, 0.25) is 0 Å². The van der Waals surface area contributed by atoms with Crippen LogP contribution in [0.3, 0.4) is 0 Å². The maximum atomic E-state index is 12.9. The first kappa shape index (κ1) is 19.0. The summed E-state index contributed by atoms with van der Waals surface area (Å²) in [5.74, 6) is 1.89. The molecule has 1 aliphatic carbocycles. The van der Waals surface area contributed by atoms with Gasteiger partial charge in [-0.25, -0.2) is 4.98 Å². The zero-order valence-corrected chi connectivity index (χ0v) is 18.9. The molecule has 6 nitrogen and oxygen atoms in total. The van der Waals surface area contributed by atoms with Gasteiger partial charge in [-0.15, -0.1) is 21.5 Å². The Kier molecular flexibility index (Phi) is 4.40. The Morgan fingerprint density at radius 3 is 3.06 bits per heavy atom. The van der Waals surface area contributed by atoms with E-state index < -0.39 is 0 Å². The fraction of sp³-hybridized carbons (Fsp3) is 0.304. The van der Waals surface area contributed by atoms with Crippen LogP contribution in [0.2, 0.25) is 0 Å². The Balaban J connectivity index is 1.37. The summed E-state index contributed by atoms with van der Waals surface area (Å²) in [6.45, 7) is 4.37. The molecular formula is C23H21N5OS2. The number of fused-ring (bicyclic) bond motifs is 6. The lowest BCUT2D eigenvalue weighted by Crippen LogP contribution is -2.14. The molecule has 1 aromatic carbocycles. The number of H-pyrrole nitrogens is 1. The number of thiophene rings is 1. The third-order valence-electron chi connectivity index (χ3n) is 6.13. The van der Waals surface area contributed by atoms with Crippen LogP contribution >= 0.6 is 23.1 Å². The standard InChI is InChI=1S/C23H21N5OS2/c1-12-7-8-15-17(9-12)31-22-20(15)21(29)24-18(25-22)11-30-23-27-26-19-10-13(2)14-5-3-4-6-16(14)28(19)23/h3-6,10,12H,7-9,11H2,1-2H3,(H,24,25,29)/t12-/m1/s1. The quantitative estimate of drug-likeness (QED) is 0.398. The number of hydrogen-bond donors (Lipinski definition) is 1. The number of nitrogens with zero attached hydrogens (tertiary/aromatic N) is 4. The van der Waals surface area contributed by atoms with E-state index in [1.165, 1.54) is 21.4 Å². The van der Waals surface area contributed by atoms with Gasteiger partial charge in [-0.05, 0) is 55.4 Å². The molecule has 1 aliphatic rings. The number of thioether (sulfide) groups is 1. The summed E-state index contributed by atoms with van der Waals surface area (Å²) in [6, 6.07) is 10.3. The fourth-order valence-electron chi connectivity index (χ4n) is 4.56. The summed E-state index contributed by atoms with van der Waals surface area (Å²) in [5, 5.41) is 11.6. The third-order valence-corrected chi connectivity index (χ3v) is 8.21. The maximum Gasteiger partial charge on any atom is 0.259 e. The topological polar surface area (TPSA) is 75.9 Å². The fourth-order valence-corrected chi connectivity index (χ4v) is 6.79. The molecule has 31 heavy (non-hydrogen) atoms. The second-order valence-corrected chi connectivity index (χ2v) is 10.4. The number of aryl methyl sites for hydroxylation is 2. The minimum Gasteiger partial charge on any atom is -0.309 e. The first-order chi connectivity index (χ1) is 15.1. The van der Waals surface area contributed by atoms with E-state index in [1.54, 1.807) is 23.1 Å². The smallest absolute Gasteiger partial charge is 0.259 e. The molecule has 156 valence electrons. The van der Waals surface area contributed by atoms with Crippen LogP contribution in [0.15, 0.2) is 40.3 Å². The highest BCUT2D eigenvalue weighted by Gasteiger charge is 2.23. The monoisotopic (exact) mass is 447 g/mol. The molecule has 4 heterocycles. The molecule has 5 aromatic rings. The second-order valence-electron chi connectivity index (χ2n) is 8.35. The highest BCUT2D eigenvalue weighted by Crippen LogP contribution is 2.36. The molecule has 1 atom stereocenters. The van der Waals surface area contributed by atoms with Gasteiger partial charge in [-0.3, -0.25) is 9.20 Å². The van der Waals surface area contributed by atoms with Crippen LogP contribution < -0.4 is 5.56 Å². The average Bonchev–Trinajstić information content (AvgIpc) is 3.33. The molecule has 0 saturated heterocycles. The molecule has 0 fully saturated rings. The molecule has 0 aliphatic heterocycles. The van der Waals surface area contributed by atoms with Crippen molar-refractivity contribution in [1.82, 2.24) is 24.6 Å². The first-order valence-corrected chi connectivity index (χ1v) is 12.3. The molecule has 0 saturated carbocycles. The van der Waals surface area contributed by atoms with Gasteiger partial charge in [0.1, 0.15) is 10.7 Å². The highest BCUT2D eigenvalue weighted by atomic mass is 32.2. The van der Waals surface area contributed by atoms with Gasteiger partial charge in [-0.2, -0.15) is 0 Å². The molecule has 0 spiro atoms. The van der Waals surface area contributed by atoms with E-state index in [9.17, 15) is 4.79 Å². The van der Waals surface area contributed by atoms with E-state index in [2.05, 4.69) is 51.6 Å². The largest absolute Gasteiger partial charge is 0.309 e. The van der Waals surface area contributed by atoms with Gasteiger partial charge in [0, 0.05) is 10.3 Å². The molecule has 6 rings (SSSR count). The van der Waals surface area contributed by atoms with E-state index in [-0.39, 0.29) is 5.56 Å². The number of rotatable bonds is 3. The summed E-state index contributed by atoms with van der Waals surface area (Å²) in [4.78, 5) is 22.9. The number of hydrogen-bond acceptors (Lipinski definition) is 6. The number of aromatic amines is 1. The molecule has 1 N–H and O–H groups in total. The zero-order valence-electron chi connectivity index (χ0n) is 17.3. The van der Waals surface area contributed by atoms with Crippen molar-refractivity contribution in [3.05, 3.63) is 62.5 Å². The normalized spacial score (nSPS) is 16.4. The van der Waals surface area contributed by atoms with Gasteiger partial charge in [-0.1, -0.05) is 36.9 Å². The predicted octanol–water partition coefficient (Wildman–Crippen LogP) is 4.91. The SMILES string of the molecule is Cc1cc2nnc(SCc3nc4sc5c(c4c(=O)[nH]3)CC[C@@H](C)C5)n2c2ccccc12. The van der Waals surface area contributed by atoms with Crippen molar-refractivity contribution in [3.63, 3.8) is 0 Å². The molecule has 0 bridgehead atoms. The van der Waals surface area contributed by atoms with Crippen LogP contribution in [0.5, 0.6) is 0 Å². The van der Waals surface area contributed by atoms with Crippen molar-refractivity contribution in [2.45, 2.75) is 44.0 Å². The minimum absolute atomic E-state index is 0.0140. The number of nitrogens with one attached hydrogen (secondary N) is 1. The van der Waals surface area contributed by atoms with Gasteiger partial charge in [0.25, 0.3) is 5.56 Å². The van der Waals surface area contributed by atoms with Crippen molar-refractivity contribution in [1.29, 1.82) is 0 Å². The Morgan fingerprint density at radius 2 is 2.16 bits per heavy atom. The summed E-state index contributed by atoms with van der Waals surface area (Å²) in [5.41, 5.74) is 4.30. The van der Waals surface area contributed by atoms with Gasteiger partial charge in [0.05, 0.1) is 16.7 Å². The Bertz CT molecular complexity index is 1530. The number of pyridine rings is 1. The molecule has 0 unspecified atom stereocenters. The summed E-state index contributed by atoms with van der Waals surface area (Å²) in [6.07, 6.45) is 3.18. The van der Waals surface area contributed by atoms with Crippen molar-refractivity contribution in [2.75, 3.05) is 0 Å². The Morgan fingerprint density at radius 1 is 1.29 bits per heavy atom. The highest BCUT2D eigenvalue weighted by molar-refractivity contribution is 7.98. The van der Waals surface area contributed by atoms with Crippen LogP contribution in [0, 0.1) is 12.8 Å². The second kappa shape index (κ2) is 7.17.